The molecule has 6 nitrogen and oxygen atoms in total. The molecule has 3 rings (SSSR count). The molecule has 3 heterocycles. The molecule has 0 aromatic carbocycles. The summed E-state index contributed by atoms with van der Waals surface area (Å²) in [5.41, 5.74) is -1.67. The van der Waals surface area contributed by atoms with Crippen molar-refractivity contribution in [2.45, 2.75) is 23.4 Å². The number of rotatable bonds is 4. The minimum Gasteiger partial charge on any atom is -0.336 e. The number of aromatic nitrogens is 1. The summed E-state index contributed by atoms with van der Waals surface area (Å²) in [6.45, 7) is 1.96. The molecule has 0 aliphatic carbocycles. The van der Waals surface area contributed by atoms with Crippen molar-refractivity contribution < 1.29 is 22.8 Å². The quantitative estimate of drug-likeness (QED) is 0.753. The predicted molar refractivity (Wildman–Crippen MR) is 97.7 cm³/mol. The average Bonchev–Trinajstić information content (AvgIpc) is 3.31. The number of hydrogen-bond acceptors (Lipinski definition) is 6. The van der Waals surface area contributed by atoms with Gasteiger partial charge in [0.1, 0.15) is 11.1 Å². The maximum Gasteiger partial charge on any atom is 0.417 e. The van der Waals surface area contributed by atoms with Gasteiger partial charge in [0.2, 0.25) is 5.91 Å². The molecular weight excluding hydrogens is 413 g/mol. The molecular formula is C17H13F3N4O2S2. The fourth-order valence-electron chi connectivity index (χ4n) is 2.61. The van der Waals surface area contributed by atoms with Gasteiger partial charge >= 0.3 is 12.2 Å². The summed E-state index contributed by atoms with van der Waals surface area (Å²) in [4.78, 5) is 29.8. The van der Waals surface area contributed by atoms with Gasteiger partial charge in [-0.25, -0.2) is 9.78 Å². The number of alkyl halides is 3. The van der Waals surface area contributed by atoms with E-state index in [9.17, 15) is 28.0 Å². The van der Waals surface area contributed by atoms with E-state index in [1.165, 1.54) is 18.3 Å². The molecule has 2 aromatic rings. The second kappa shape index (κ2) is 7.81. The molecule has 0 radical (unpaired) electrons. The second-order valence-electron chi connectivity index (χ2n) is 5.80. The number of hydrogen-bond donors (Lipinski definition) is 1. The Morgan fingerprint density at radius 3 is 2.79 bits per heavy atom. The number of thioether (sulfide) groups is 1. The van der Waals surface area contributed by atoms with E-state index in [1.807, 2.05) is 0 Å². The Morgan fingerprint density at radius 2 is 2.25 bits per heavy atom. The van der Waals surface area contributed by atoms with Crippen LogP contribution in [-0.2, 0) is 11.0 Å². The van der Waals surface area contributed by atoms with Gasteiger partial charge in [-0.1, -0.05) is 17.8 Å². The lowest BCUT2D eigenvalue weighted by Crippen LogP contribution is -2.39. The molecule has 0 bridgehead atoms. The summed E-state index contributed by atoms with van der Waals surface area (Å²) in [7, 11) is 0. The van der Waals surface area contributed by atoms with Crippen molar-refractivity contribution in [1.82, 2.24) is 15.2 Å². The molecule has 28 heavy (non-hydrogen) atoms. The van der Waals surface area contributed by atoms with Gasteiger partial charge in [-0.2, -0.15) is 18.4 Å². The molecule has 1 N–H and O–H groups in total. The van der Waals surface area contributed by atoms with Gasteiger partial charge in [0.05, 0.1) is 26.9 Å². The van der Waals surface area contributed by atoms with Gasteiger partial charge in [0.25, 0.3) is 0 Å². The van der Waals surface area contributed by atoms with E-state index in [2.05, 4.69) is 10.3 Å². The van der Waals surface area contributed by atoms with Gasteiger partial charge in [-0.3, -0.25) is 9.69 Å². The molecule has 0 saturated carbocycles. The molecule has 1 saturated heterocycles. The molecule has 1 fully saturated rings. The zero-order chi connectivity index (χ0) is 20.5. The standard InChI is InChI=1S/C17H13F3N4O2S2/c1-9(15(25)24-5-4-22-16(24)26)28-14-10(8-21)11(17(18,19)20)7-12(23-14)13-3-2-6-27-13/h2-3,6-7,9H,4-5H2,1H3,(H,22,26). The van der Waals surface area contributed by atoms with Gasteiger partial charge in [-0.05, 0) is 24.4 Å². The maximum atomic E-state index is 13.5. The van der Waals surface area contributed by atoms with Crippen molar-refractivity contribution in [2.24, 2.45) is 0 Å². The lowest BCUT2D eigenvalue weighted by molar-refractivity contribution is -0.138. The number of urea groups is 1. The van der Waals surface area contributed by atoms with Crippen LogP contribution in [0.5, 0.6) is 0 Å². The van der Waals surface area contributed by atoms with Gasteiger partial charge in [0, 0.05) is 13.1 Å². The van der Waals surface area contributed by atoms with Crippen molar-refractivity contribution in [2.75, 3.05) is 13.1 Å². The van der Waals surface area contributed by atoms with E-state index < -0.39 is 34.5 Å². The highest BCUT2D eigenvalue weighted by molar-refractivity contribution is 8.00. The average molecular weight is 426 g/mol. The van der Waals surface area contributed by atoms with Crippen molar-refractivity contribution in [3.63, 3.8) is 0 Å². The Hall–Kier alpha value is -2.58. The number of imide groups is 1. The Morgan fingerprint density at radius 1 is 1.50 bits per heavy atom. The summed E-state index contributed by atoms with van der Waals surface area (Å²) < 4.78 is 40.6. The zero-order valence-electron chi connectivity index (χ0n) is 14.4. The van der Waals surface area contributed by atoms with E-state index >= 15 is 0 Å². The molecule has 1 aliphatic rings. The lowest BCUT2D eigenvalue weighted by atomic mass is 10.1. The highest BCUT2D eigenvalue weighted by atomic mass is 32.2. The Balaban J connectivity index is 2.01. The number of pyridine rings is 1. The normalized spacial score (nSPS) is 15.2. The smallest absolute Gasteiger partial charge is 0.336 e. The third kappa shape index (κ3) is 3.98. The number of carbonyl (C=O) groups is 2. The van der Waals surface area contributed by atoms with Gasteiger partial charge in [0.15, 0.2) is 0 Å². The van der Waals surface area contributed by atoms with E-state index in [1.54, 1.807) is 23.6 Å². The van der Waals surface area contributed by atoms with E-state index in [4.69, 9.17) is 0 Å². The van der Waals surface area contributed by atoms with Crippen LogP contribution in [0.3, 0.4) is 0 Å². The fourth-order valence-corrected chi connectivity index (χ4v) is 4.28. The molecule has 2 aromatic heterocycles. The molecule has 0 spiro atoms. The number of carbonyl (C=O) groups excluding carboxylic acids is 2. The number of nitrogens with zero attached hydrogens (tertiary/aromatic N) is 3. The van der Waals surface area contributed by atoms with E-state index in [0.29, 0.717) is 11.4 Å². The maximum absolute atomic E-state index is 13.5. The van der Waals surface area contributed by atoms with Gasteiger partial charge in [-0.15, -0.1) is 11.3 Å². The van der Waals surface area contributed by atoms with Crippen LogP contribution in [0.15, 0.2) is 28.6 Å². The molecule has 3 amide bonds. The first kappa shape index (κ1) is 20.2. The van der Waals surface area contributed by atoms with Crippen LogP contribution in [0.25, 0.3) is 10.6 Å². The van der Waals surface area contributed by atoms with Crippen LogP contribution >= 0.6 is 23.1 Å². The van der Waals surface area contributed by atoms with Gasteiger partial charge < -0.3 is 5.32 Å². The Labute approximate surface area is 166 Å². The highest BCUT2D eigenvalue weighted by Gasteiger charge is 2.37. The van der Waals surface area contributed by atoms with E-state index in [-0.39, 0.29) is 17.3 Å². The monoisotopic (exact) mass is 426 g/mol. The lowest BCUT2D eigenvalue weighted by Gasteiger charge is -2.19. The SMILES string of the molecule is CC(Sc1nc(-c2cccs2)cc(C(F)(F)F)c1C#N)C(=O)N1CCNC1=O. The topological polar surface area (TPSA) is 86.1 Å². The third-order valence-corrected chi connectivity index (χ3v) is 5.90. The summed E-state index contributed by atoms with van der Waals surface area (Å²) in [6.07, 6.45) is -4.75. The van der Waals surface area contributed by atoms with Crippen molar-refractivity contribution in [3.05, 3.63) is 34.7 Å². The number of nitrogens with one attached hydrogen (secondary N) is 1. The summed E-state index contributed by atoms with van der Waals surface area (Å²) in [6, 6.07) is 5.16. The van der Waals surface area contributed by atoms with Crippen molar-refractivity contribution in [3.8, 4) is 16.6 Å². The van der Waals surface area contributed by atoms with Crippen LogP contribution in [-0.4, -0.2) is 40.2 Å². The summed E-state index contributed by atoms with van der Waals surface area (Å²) >= 11 is 1.95. The predicted octanol–water partition coefficient (Wildman–Crippen LogP) is 3.73. The molecule has 1 atom stereocenters. The number of halogens is 3. The highest BCUT2D eigenvalue weighted by Crippen LogP contribution is 2.39. The van der Waals surface area contributed by atoms with Crippen LogP contribution in [0.1, 0.15) is 18.1 Å². The van der Waals surface area contributed by atoms with Crippen molar-refractivity contribution in [1.29, 1.82) is 5.26 Å². The first-order valence-corrected chi connectivity index (χ1v) is 9.80. The van der Waals surface area contributed by atoms with Crippen LogP contribution in [0.2, 0.25) is 0 Å². The van der Waals surface area contributed by atoms with E-state index in [0.717, 1.165) is 22.7 Å². The minimum atomic E-state index is -4.75. The number of thiophene rings is 1. The number of nitriles is 1. The second-order valence-corrected chi connectivity index (χ2v) is 8.08. The Kier molecular flexibility index (Phi) is 5.62. The summed E-state index contributed by atoms with van der Waals surface area (Å²) in [5, 5.41) is 12.4. The first-order chi connectivity index (χ1) is 13.2. The first-order valence-electron chi connectivity index (χ1n) is 8.04. The number of amides is 3. The molecule has 146 valence electrons. The Bertz CT molecular complexity index is 955. The van der Waals surface area contributed by atoms with Crippen LogP contribution in [0.4, 0.5) is 18.0 Å². The summed E-state index contributed by atoms with van der Waals surface area (Å²) in [5.74, 6) is -0.555. The zero-order valence-corrected chi connectivity index (χ0v) is 16.0. The fraction of sp³-hybridized carbons (Fsp3) is 0.294. The third-order valence-electron chi connectivity index (χ3n) is 3.94. The molecule has 1 unspecified atom stereocenters. The molecule has 1 aliphatic heterocycles. The largest absolute Gasteiger partial charge is 0.417 e. The minimum absolute atomic E-state index is 0.0717. The molecule has 11 heteroatoms. The van der Waals surface area contributed by atoms with Crippen molar-refractivity contribution >= 4 is 35.0 Å². The van der Waals surface area contributed by atoms with Crippen LogP contribution in [0, 0.1) is 11.3 Å². The van der Waals surface area contributed by atoms with Crippen LogP contribution < -0.4 is 5.32 Å².